The number of ether oxygens (including phenoxy) is 1. The van der Waals surface area contributed by atoms with Crippen molar-refractivity contribution in [3.8, 4) is 17.2 Å². The van der Waals surface area contributed by atoms with Crippen LogP contribution < -0.4 is 0 Å². The summed E-state index contributed by atoms with van der Waals surface area (Å²) in [5.74, 6) is 0. The molecule has 0 aromatic heterocycles. The van der Waals surface area contributed by atoms with Crippen molar-refractivity contribution in [2.24, 2.45) is 0 Å². The lowest BCUT2D eigenvalue weighted by atomic mass is 10.0. The summed E-state index contributed by atoms with van der Waals surface area (Å²) in [4.78, 5) is 2.18. The van der Waals surface area contributed by atoms with E-state index in [0.717, 1.165) is 18.7 Å². The Labute approximate surface area is 125 Å². The van der Waals surface area contributed by atoms with Gasteiger partial charge in [-0.05, 0) is 16.7 Å². The van der Waals surface area contributed by atoms with Crippen molar-refractivity contribution in [2.75, 3.05) is 26.3 Å². The van der Waals surface area contributed by atoms with Gasteiger partial charge >= 0.3 is 0 Å². The van der Waals surface area contributed by atoms with E-state index in [1.165, 1.54) is 11.1 Å². The van der Waals surface area contributed by atoms with E-state index in [1.807, 2.05) is 18.2 Å². The molecule has 3 heteroatoms. The predicted molar refractivity (Wildman–Crippen MR) is 82.6 cm³/mol. The van der Waals surface area contributed by atoms with Crippen molar-refractivity contribution in [3.63, 3.8) is 0 Å². The third-order valence-electron chi connectivity index (χ3n) is 3.87. The Balaban J connectivity index is 1.81. The van der Waals surface area contributed by atoms with Gasteiger partial charge in [-0.25, -0.2) is 0 Å². The molecule has 3 rings (SSSR count). The topological polar surface area (TPSA) is 36.3 Å². The van der Waals surface area contributed by atoms with Crippen molar-refractivity contribution >= 4 is 0 Å². The molecule has 0 spiro atoms. The molecule has 2 aromatic carbocycles. The van der Waals surface area contributed by atoms with Crippen LogP contribution in [0.2, 0.25) is 0 Å². The highest BCUT2D eigenvalue weighted by Gasteiger charge is 2.22. The molecule has 1 unspecified atom stereocenters. The molecule has 0 N–H and O–H groups in total. The number of nitriles is 1. The molecule has 2 aromatic rings. The second-order valence-corrected chi connectivity index (χ2v) is 5.17. The minimum Gasteiger partial charge on any atom is -0.379 e. The quantitative estimate of drug-likeness (QED) is 0.864. The Morgan fingerprint density at radius 2 is 1.52 bits per heavy atom. The zero-order chi connectivity index (χ0) is 14.5. The van der Waals surface area contributed by atoms with Crippen LogP contribution in [-0.4, -0.2) is 31.2 Å². The second kappa shape index (κ2) is 6.53. The van der Waals surface area contributed by atoms with Crippen LogP contribution in [0.1, 0.15) is 11.6 Å². The number of nitrogens with zero attached hydrogens (tertiary/aromatic N) is 2. The standard InChI is InChI=1S/C18H18N2O/c19-14-18(20-10-12-21-13-11-20)17-8-6-16(7-9-17)15-4-2-1-3-5-15/h1-9,18H,10-13H2. The van der Waals surface area contributed by atoms with Crippen LogP contribution in [0.4, 0.5) is 0 Å². The maximum Gasteiger partial charge on any atom is 0.124 e. The van der Waals surface area contributed by atoms with Crippen LogP contribution >= 0.6 is 0 Å². The second-order valence-electron chi connectivity index (χ2n) is 5.17. The third kappa shape index (κ3) is 3.13. The van der Waals surface area contributed by atoms with Gasteiger partial charge in [-0.3, -0.25) is 4.90 Å². The predicted octanol–water partition coefficient (Wildman–Crippen LogP) is 3.25. The third-order valence-corrected chi connectivity index (χ3v) is 3.87. The van der Waals surface area contributed by atoms with E-state index in [-0.39, 0.29) is 6.04 Å². The van der Waals surface area contributed by atoms with E-state index >= 15 is 0 Å². The molecule has 1 heterocycles. The Morgan fingerprint density at radius 1 is 0.905 bits per heavy atom. The zero-order valence-electron chi connectivity index (χ0n) is 11.9. The van der Waals surface area contributed by atoms with E-state index < -0.39 is 0 Å². The first kappa shape index (κ1) is 13.8. The van der Waals surface area contributed by atoms with Gasteiger partial charge < -0.3 is 4.74 Å². The van der Waals surface area contributed by atoms with Gasteiger partial charge in [-0.15, -0.1) is 0 Å². The maximum absolute atomic E-state index is 9.49. The highest BCUT2D eigenvalue weighted by Crippen LogP contribution is 2.25. The Hall–Kier alpha value is -2.15. The van der Waals surface area contributed by atoms with Crippen molar-refractivity contribution in [2.45, 2.75) is 6.04 Å². The summed E-state index contributed by atoms with van der Waals surface area (Å²) in [6.45, 7) is 3.05. The summed E-state index contributed by atoms with van der Waals surface area (Å²) < 4.78 is 5.36. The van der Waals surface area contributed by atoms with Gasteiger partial charge in [-0.2, -0.15) is 5.26 Å². The lowest BCUT2D eigenvalue weighted by Crippen LogP contribution is -2.38. The summed E-state index contributed by atoms with van der Waals surface area (Å²) >= 11 is 0. The molecule has 1 atom stereocenters. The molecular formula is C18H18N2O. The van der Waals surface area contributed by atoms with Crippen LogP contribution in [0.25, 0.3) is 11.1 Å². The van der Waals surface area contributed by atoms with Crippen molar-refractivity contribution < 1.29 is 4.74 Å². The number of morpholine rings is 1. The molecular weight excluding hydrogens is 260 g/mol. The van der Waals surface area contributed by atoms with Crippen molar-refractivity contribution in [1.82, 2.24) is 4.90 Å². The average Bonchev–Trinajstić information content (AvgIpc) is 2.58. The molecule has 0 aliphatic carbocycles. The molecule has 21 heavy (non-hydrogen) atoms. The Morgan fingerprint density at radius 3 is 2.14 bits per heavy atom. The SMILES string of the molecule is N#CC(c1ccc(-c2ccccc2)cc1)N1CCOCC1. The van der Waals surface area contributed by atoms with Gasteiger partial charge in [0.2, 0.25) is 0 Å². The van der Waals surface area contributed by atoms with Gasteiger partial charge in [0.1, 0.15) is 6.04 Å². The monoisotopic (exact) mass is 278 g/mol. The van der Waals surface area contributed by atoms with Gasteiger partial charge in [0.15, 0.2) is 0 Å². The fourth-order valence-corrected chi connectivity index (χ4v) is 2.69. The van der Waals surface area contributed by atoms with Crippen LogP contribution in [0.3, 0.4) is 0 Å². The number of benzene rings is 2. The molecule has 1 aliphatic heterocycles. The van der Waals surface area contributed by atoms with Gasteiger partial charge in [0.25, 0.3) is 0 Å². The maximum atomic E-state index is 9.49. The molecule has 0 radical (unpaired) electrons. The molecule has 0 saturated carbocycles. The number of hydrogen-bond acceptors (Lipinski definition) is 3. The Kier molecular flexibility index (Phi) is 4.30. The van der Waals surface area contributed by atoms with E-state index in [0.29, 0.717) is 13.2 Å². The van der Waals surface area contributed by atoms with Crippen molar-refractivity contribution in [3.05, 3.63) is 60.2 Å². The minimum absolute atomic E-state index is 0.182. The highest BCUT2D eigenvalue weighted by atomic mass is 16.5. The molecule has 3 nitrogen and oxygen atoms in total. The van der Waals surface area contributed by atoms with E-state index in [1.54, 1.807) is 0 Å². The molecule has 0 bridgehead atoms. The fourth-order valence-electron chi connectivity index (χ4n) is 2.69. The molecule has 1 fully saturated rings. The molecule has 0 amide bonds. The smallest absolute Gasteiger partial charge is 0.124 e. The summed E-state index contributed by atoms with van der Waals surface area (Å²) in [5, 5.41) is 9.49. The average molecular weight is 278 g/mol. The lowest BCUT2D eigenvalue weighted by molar-refractivity contribution is 0.0266. The highest BCUT2D eigenvalue weighted by molar-refractivity contribution is 5.63. The summed E-state index contributed by atoms with van der Waals surface area (Å²) in [6.07, 6.45) is 0. The first-order valence-electron chi connectivity index (χ1n) is 7.25. The summed E-state index contributed by atoms with van der Waals surface area (Å²) in [6, 6.07) is 20.8. The first-order valence-corrected chi connectivity index (χ1v) is 7.25. The normalized spacial score (nSPS) is 17.1. The Bertz CT molecular complexity index is 610. The van der Waals surface area contributed by atoms with Gasteiger partial charge in [-0.1, -0.05) is 54.6 Å². The molecule has 106 valence electrons. The summed E-state index contributed by atoms with van der Waals surface area (Å²) in [5.41, 5.74) is 3.43. The molecule has 1 saturated heterocycles. The van der Waals surface area contributed by atoms with E-state index in [4.69, 9.17) is 4.74 Å². The summed E-state index contributed by atoms with van der Waals surface area (Å²) in [7, 11) is 0. The number of rotatable bonds is 3. The van der Waals surface area contributed by atoms with Crippen LogP contribution in [0, 0.1) is 11.3 Å². The van der Waals surface area contributed by atoms with Gasteiger partial charge in [0, 0.05) is 13.1 Å². The lowest BCUT2D eigenvalue weighted by Gasteiger charge is -2.30. The minimum atomic E-state index is -0.182. The van der Waals surface area contributed by atoms with Crippen LogP contribution in [0.15, 0.2) is 54.6 Å². The van der Waals surface area contributed by atoms with Crippen LogP contribution in [0.5, 0.6) is 0 Å². The fraction of sp³-hybridized carbons (Fsp3) is 0.278. The van der Waals surface area contributed by atoms with Gasteiger partial charge in [0.05, 0.1) is 19.3 Å². The first-order chi connectivity index (χ1) is 10.4. The van der Waals surface area contributed by atoms with E-state index in [2.05, 4.69) is 47.4 Å². The largest absolute Gasteiger partial charge is 0.379 e. The molecule has 1 aliphatic rings. The van der Waals surface area contributed by atoms with Crippen LogP contribution in [-0.2, 0) is 4.74 Å². The van der Waals surface area contributed by atoms with E-state index in [9.17, 15) is 5.26 Å². The zero-order valence-corrected chi connectivity index (χ0v) is 11.9. The van der Waals surface area contributed by atoms with Crippen molar-refractivity contribution in [1.29, 1.82) is 5.26 Å². The number of hydrogen-bond donors (Lipinski definition) is 0.